The van der Waals surface area contributed by atoms with Crippen LogP contribution in [0.4, 0.5) is 0 Å². The Morgan fingerprint density at radius 1 is 0.314 bits per heavy atom. The maximum atomic E-state index is 12.9. The zero-order valence-electron chi connectivity index (χ0n) is 45.6. The molecule has 0 bridgehead atoms. The van der Waals surface area contributed by atoms with Crippen molar-refractivity contribution in [3.8, 4) is 0 Å². The van der Waals surface area contributed by atoms with Gasteiger partial charge in [0.25, 0.3) is 0 Å². The summed E-state index contributed by atoms with van der Waals surface area (Å²) in [6, 6.07) is 0. The Morgan fingerprint density at radius 3 is 0.886 bits per heavy atom. The second-order valence-corrected chi connectivity index (χ2v) is 22.2. The highest BCUT2D eigenvalue weighted by atomic mass is 16.6. The van der Waals surface area contributed by atoms with Crippen LogP contribution < -0.4 is 0 Å². The molecular formula is C60H108O10. The van der Waals surface area contributed by atoms with Crippen LogP contribution in [0.1, 0.15) is 297 Å². The van der Waals surface area contributed by atoms with Crippen LogP contribution in [0.15, 0.2) is 0 Å². The molecule has 0 spiro atoms. The predicted molar refractivity (Wildman–Crippen MR) is 282 cm³/mol. The average molecular weight is 990 g/mol. The molecule has 0 aromatic rings. The molecule has 0 aromatic heterocycles. The van der Waals surface area contributed by atoms with Crippen LogP contribution in [-0.2, 0) is 47.5 Å². The van der Waals surface area contributed by atoms with Gasteiger partial charge < -0.3 is 33.2 Å². The predicted octanol–water partition coefficient (Wildman–Crippen LogP) is 15.9. The molecule has 0 saturated carbocycles. The van der Waals surface area contributed by atoms with Crippen molar-refractivity contribution in [3.05, 3.63) is 0 Å². The number of unbranched alkanes of at least 4 members (excludes halogenated alkanes) is 27. The third-order valence-corrected chi connectivity index (χ3v) is 15.5. The molecule has 4 rings (SSSR count). The first-order valence-corrected chi connectivity index (χ1v) is 30.5. The van der Waals surface area contributed by atoms with Crippen molar-refractivity contribution in [2.45, 2.75) is 352 Å². The Labute approximate surface area is 429 Å². The Balaban J connectivity index is 1.00. The number of epoxide rings is 4. The Hall–Kier alpha value is -1.75. The van der Waals surface area contributed by atoms with Crippen LogP contribution in [0.5, 0.6) is 0 Å². The lowest BCUT2D eigenvalue weighted by Crippen LogP contribution is -2.30. The third-order valence-electron chi connectivity index (χ3n) is 15.5. The first-order chi connectivity index (χ1) is 34.4. The smallest absolute Gasteiger partial charge is 0.306 e. The minimum Gasteiger partial charge on any atom is -0.462 e. The van der Waals surface area contributed by atoms with Gasteiger partial charge in [-0.3, -0.25) is 14.4 Å². The van der Waals surface area contributed by atoms with Gasteiger partial charge in [-0.25, -0.2) is 0 Å². The Bertz CT molecular complexity index is 1250. The number of hydrogen-bond acceptors (Lipinski definition) is 10. The van der Waals surface area contributed by atoms with Crippen molar-refractivity contribution in [1.29, 1.82) is 0 Å². The van der Waals surface area contributed by atoms with E-state index in [4.69, 9.17) is 33.2 Å². The minimum absolute atomic E-state index is 0.0966. The lowest BCUT2D eigenvalue weighted by molar-refractivity contribution is -0.167. The second kappa shape index (κ2) is 39.7. The van der Waals surface area contributed by atoms with E-state index < -0.39 is 6.10 Å². The van der Waals surface area contributed by atoms with E-state index in [9.17, 15) is 14.4 Å². The van der Waals surface area contributed by atoms with Gasteiger partial charge in [0.2, 0.25) is 0 Å². The lowest BCUT2D eigenvalue weighted by atomic mass is 10.0. The topological polar surface area (TPSA) is 129 Å². The summed E-state index contributed by atoms with van der Waals surface area (Å²) in [5, 5.41) is 0. The summed E-state index contributed by atoms with van der Waals surface area (Å²) in [6.07, 6.45) is 51.3. The zero-order chi connectivity index (χ0) is 49.7. The maximum absolute atomic E-state index is 12.9. The fourth-order valence-electron chi connectivity index (χ4n) is 10.6. The molecule has 4 saturated heterocycles. The Morgan fingerprint density at radius 2 is 0.557 bits per heavy atom. The monoisotopic (exact) mass is 989 g/mol. The fraction of sp³-hybridized carbons (Fsp3) is 0.950. The van der Waals surface area contributed by atoms with E-state index in [-0.39, 0.29) is 31.1 Å². The molecule has 0 N–H and O–H groups in total. The molecule has 4 heterocycles. The van der Waals surface area contributed by atoms with Crippen molar-refractivity contribution in [1.82, 2.24) is 0 Å². The van der Waals surface area contributed by atoms with E-state index in [2.05, 4.69) is 20.8 Å². The maximum Gasteiger partial charge on any atom is 0.306 e. The van der Waals surface area contributed by atoms with Gasteiger partial charge in [0.15, 0.2) is 6.10 Å². The zero-order valence-corrected chi connectivity index (χ0v) is 45.6. The van der Waals surface area contributed by atoms with E-state index in [1.165, 1.54) is 148 Å². The summed E-state index contributed by atoms with van der Waals surface area (Å²) in [6.45, 7) is 6.59. The van der Waals surface area contributed by atoms with Crippen LogP contribution in [0.3, 0.4) is 0 Å². The van der Waals surface area contributed by atoms with Crippen LogP contribution in [0.25, 0.3) is 0 Å². The van der Waals surface area contributed by atoms with Gasteiger partial charge >= 0.3 is 17.9 Å². The molecule has 4 aliphatic rings. The van der Waals surface area contributed by atoms with Gasteiger partial charge in [-0.15, -0.1) is 0 Å². The molecule has 8 unspecified atom stereocenters. The molecule has 0 radical (unpaired) electrons. The molecule has 0 aliphatic carbocycles. The minimum atomic E-state index is -0.803. The number of rotatable bonds is 52. The summed E-state index contributed by atoms with van der Waals surface area (Å²) in [7, 11) is 0. The molecular weight excluding hydrogens is 881 g/mol. The van der Waals surface area contributed by atoms with E-state index >= 15 is 0 Å². The molecule has 0 amide bonds. The highest BCUT2D eigenvalue weighted by molar-refractivity contribution is 5.71. The molecule has 70 heavy (non-hydrogen) atoms. The molecule has 8 atom stereocenters. The summed E-state index contributed by atoms with van der Waals surface area (Å²) in [5.41, 5.74) is 0. The van der Waals surface area contributed by atoms with Gasteiger partial charge in [0.05, 0.1) is 48.8 Å². The van der Waals surface area contributed by atoms with Gasteiger partial charge in [-0.05, 0) is 57.8 Å². The van der Waals surface area contributed by atoms with Gasteiger partial charge in [-0.2, -0.15) is 0 Å². The number of esters is 3. The van der Waals surface area contributed by atoms with Crippen LogP contribution >= 0.6 is 0 Å². The third kappa shape index (κ3) is 31.8. The average Bonchev–Trinajstić information content (AvgIpc) is 4.19. The van der Waals surface area contributed by atoms with E-state index in [0.29, 0.717) is 68.1 Å². The Kier molecular flexibility index (Phi) is 34.5. The molecule has 4 fully saturated rings. The molecule has 10 heteroatoms. The molecule has 4 aliphatic heterocycles. The highest BCUT2D eigenvalue weighted by Gasteiger charge is 2.47. The molecule has 10 nitrogen and oxygen atoms in total. The van der Waals surface area contributed by atoms with Gasteiger partial charge in [0, 0.05) is 25.7 Å². The van der Waals surface area contributed by atoms with Gasteiger partial charge in [0.1, 0.15) is 13.2 Å². The van der Waals surface area contributed by atoms with Crippen LogP contribution in [0, 0.1) is 0 Å². The highest BCUT2D eigenvalue weighted by Crippen LogP contribution is 2.39. The standard InChI is InChI=1S/C60H108O10/c1-4-7-10-13-15-20-29-37-50-52(67-50)39-31-22-17-25-34-43-58(61)64-47-49(48-65-59(62)44-35-26-18-23-32-40-53-51(68-53)38-30-21-16-14-11-8-5-2)66-60(63)45-36-27-19-24-33-42-55-57(70-55)46-56-54(69-56)41-28-12-9-6-3/h49-57H,4-48H2,1-3H3. The lowest BCUT2D eigenvalue weighted by Gasteiger charge is -2.18. The van der Waals surface area contributed by atoms with E-state index in [1.54, 1.807) is 0 Å². The fourth-order valence-corrected chi connectivity index (χ4v) is 10.6. The van der Waals surface area contributed by atoms with Crippen LogP contribution in [0.2, 0.25) is 0 Å². The van der Waals surface area contributed by atoms with Gasteiger partial charge in [-0.1, -0.05) is 213 Å². The SMILES string of the molecule is CCCCCCCCCC1OC1CCCCCCCC(=O)OCC(COC(=O)CCCCCCCC1OC1CCCCCCCCC)OC(=O)CCCCCCCC1OC1CC1OC1CCCCCC. The van der Waals surface area contributed by atoms with E-state index in [1.807, 2.05) is 0 Å². The summed E-state index contributed by atoms with van der Waals surface area (Å²) in [4.78, 5) is 38.4. The van der Waals surface area contributed by atoms with Crippen molar-refractivity contribution < 1.29 is 47.5 Å². The number of ether oxygens (including phenoxy) is 7. The summed E-state index contributed by atoms with van der Waals surface area (Å²) in [5.74, 6) is -0.928. The normalized spacial score (nSPS) is 23.5. The quantitative estimate of drug-likeness (QED) is 0.0251. The first kappa shape index (κ1) is 60.8. The molecule has 408 valence electrons. The van der Waals surface area contributed by atoms with Crippen molar-refractivity contribution in [2.24, 2.45) is 0 Å². The molecule has 0 aromatic carbocycles. The van der Waals surface area contributed by atoms with Crippen LogP contribution in [-0.4, -0.2) is 86.1 Å². The first-order valence-electron chi connectivity index (χ1n) is 30.5. The van der Waals surface area contributed by atoms with E-state index in [0.717, 1.165) is 109 Å². The number of carbonyl (C=O) groups is 3. The van der Waals surface area contributed by atoms with Crippen molar-refractivity contribution in [2.75, 3.05) is 13.2 Å². The summed E-state index contributed by atoms with van der Waals surface area (Å²) < 4.78 is 40.6. The largest absolute Gasteiger partial charge is 0.462 e. The second-order valence-electron chi connectivity index (χ2n) is 22.2. The number of carbonyl (C=O) groups excluding carboxylic acids is 3. The number of hydrogen-bond donors (Lipinski definition) is 0. The van der Waals surface area contributed by atoms with Crippen molar-refractivity contribution >= 4 is 17.9 Å². The van der Waals surface area contributed by atoms with Crippen molar-refractivity contribution in [3.63, 3.8) is 0 Å². The summed E-state index contributed by atoms with van der Waals surface area (Å²) >= 11 is 0.